The summed E-state index contributed by atoms with van der Waals surface area (Å²) in [4.78, 5) is 46.1. The fourth-order valence-electron chi connectivity index (χ4n) is 7.12. The van der Waals surface area contributed by atoms with Crippen LogP contribution in [-0.4, -0.2) is 71.0 Å². The Morgan fingerprint density at radius 3 is 2.04 bits per heavy atom. The molecule has 0 radical (unpaired) electrons. The molecule has 3 aliphatic heterocycles. The van der Waals surface area contributed by atoms with Crippen molar-refractivity contribution in [3.05, 3.63) is 101 Å². The highest BCUT2D eigenvalue weighted by Gasteiger charge is 2.54. The molecule has 0 aliphatic carbocycles. The summed E-state index contributed by atoms with van der Waals surface area (Å²) < 4.78 is 12.0. The first kappa shape index (κ1) is 34.1. The van der Waals surface area contributed by atoms with E-state index in [2.05, 4.69) is 48.5 Å². The van der Waals surface area contributed by atoms with Crippen LogP contribution in [0.1, 0.15) is 73.6 Å². The van der Waals surface area contributed by atoms with E-state index in [0.29, 0.717) is 5.75 Å². The summed E-state index contributed by atoms with van der Waals surface area (Å²) in [6, 6.07) is 25.5. The van der Waals surface area contributed by atoms with Crippen LogP contribution >= 0.6 is 0 Å². The third-order valence-corrected chi connectivity index (χ3v) is 9.49. The summed E-state index contributed by atoms with van der Waals surface area (Å²) in [6.07, 6.45) is -0.782. The molecule has 3 aliphatic rings. The average molecular weight is 645 g/mol. The van der Waals surface area contributed by atoms with Gasteiger partial charge >= 0.3 is 17.9 Å². The first-order valence-corrected chi connectivity index (χ1v) is 16.2. The second kappa shape index (κ2) is 15.1. The van der Waals surface area contributed by atoms with Gasteiger partial charge in [-0.05, 0) is 60.5 Å². The number of methoxy groups -OCH3 is 1. The van der Waals surface area contributed by atoms with E-state index < -0.39 is 42.5 Å². The standard InChI is InChI=1S/C37H44N2O8/c1-24(2)28-14-15-30(45-3)29(20-28)23-38-47-32(42)22-37(36(43)44,21-31(40)41)46-35-27-16-18-39(19-17-27)34(35)33(25-10-6-4-7-11-25)26-12-8-5-9-13-26/h4-15,20,24,27,33-35,38H,16-19,21-23H2,1-3H3,(H,40,41)(H,43,44). The maximum Gasteiger partial charge on any atom is 0.337 e. The molecular weight excluding hydrogens is 600 g/mol. The lowest BCUT2D eigenvalue weighted by atomic mass is 9.71. The van der Waals surface area contributed by atoms with Gasteiger partial charge in [0.2, 0.25) is 0 Å². The molecule has 0 amide bonds. The minimum absolute atomic E-state index is 0.0118. The minimum Gasteiger partial charge on any atom is -0.496 e. The van der Waals surface area contributed by atoms with E-state index in [9.17, 15) is 24.6 Å². The summed E-state index contributed by atoms with van der Waals surface area (Å²) in [5.74, 6) is -3.15. The predicted octanol–water partition coefficient (Wildman–Crippen LogP) is 5.37. The lowest BCUT2D eigenvalue weighted by molar-refractivity contribution is -0.211. The lowest BCUT2D eigenvalue weighted by Crippen LogP contribution is -2.64. The van der Waals surface area contributed by atoms with Crippen molar-refractivity contribution in [2.24, 2.45) is 5.92 Å². The van der Waals surface area contributed by atoms with Crippen LogP contribution in [0.15, 0.2) is 78.9 Å². The number of aliphatic carboxylic acids is 2. The number of benzene rings is 3. The van der Waals surface area contributed by atoms with Crippen LogP contribution in [0, 0.1) is 5.92 Å². The zero-order chi connectivity index (χ0) is 33.6. The summed E-state index contributed by atoms with van der Waals surface area (Å²) in [7, 11) is 1.55. The number of hydrogen-bond donors (Lipinski definition) is 3. The molecule has 47 heavy (non-hydrogen) atoms. The smallest absolute Gasteiger partial charge is 0.337 e. The molecule has 10 nitrogen and oxygen atoms in total. The largest absolute Gasteiger partial charge is 0.496 e. The molecule has 2 bridgehead atoms. The van der Waals surface area contributed by atoms with Crippen molar-refractivity contribution in [1.29, 1.82) is 0 Å². The normalized spacial score (nSPS) is 21.7. The van der Waals surface area contributed by atoms with E-state index in [1.165, 1.54) is 0 Å². The summed E-state index contributed by atoms with van der Waals surface area (Å²) in [5, 5.41) is 20.5. The van der Waals surface area contributed by atoms with E-state index >= 15 is 0 Å². The quantitative estimate of drug-likeness (QED) is 0.186. The molecule has 0 spiro atoms. The number of piperidine rings is 3. The fourth-order valence-corrected chi connectivity index (χ4v) is 7.12. The van der Waals surface area contributed by atoms with Crippen LogP contribution in [-0.2, 0) is 30.5 Å². The van der Waals surface area contributed by atoms with Crippen LogP contribution in [0.25, 0.3) is 0 Å². The van der Waals surface area contributed by atoms with E-state index in [4.69, 9.17) is 14.3 Å². The number of carbonyl (C=O) groups excluding carboxylic acids is 1. The maximum absolute atomic E-state index is 13.3. The minimum atomic E-state index is -2.35. The molecule has 3 N–H and O–H groups in total. The Hall–Kier alpha value is -4.25. The van der Waals surface area contributed by atoms with Gasteiger partial charge in [-0.15, -0.1) is 5.48 Å². The molecular formula is C37H44N2O8. The number of rotatable bonds is 15. The molecule has 3 aromatic rings. The summed E-state index contributed by atoms with van der Waals surface area (Å²) in [5.41, 5.74) is 4.19. The summed E-state index contributed by atoms with van der Waals surface area (Å²) >= 11 is 0. The van der Waals surface area contributed by atoms with Crippen molar-refractivity contribution >= 4 is 17.9 Å². The van der Waals surface area contributed by atoms with E-state index in [1.807, 2.05) is 54.6 Å². The fraction of sp³-hybridized carbons (Fsp3) is 0.432. The molecule has 250 valence electrons. The zero-order valence-electron chi connectivity index (χ0n) is 27.1. The van der Waals surface area contributed by atoms with Gasteiger partial charge in [0.15, 0.2) is 5.60 Å². The van der Waals surface area contributed by atoms with E-state index in [1.54, 1.807) is 7.11 Å². The molecule has 3 unspecified atom stereocenters. The molecule has 0 saturated carbocycles. The van der Waals surface area contributed by atoms with Gasteiger partial charge in [-0.1, -0.05) is 86.6 Å². The number of nitrogens with zero attached hydrogens (tertiary/aromatic N) is 1. The summed E-state index contributed by atoms with van der Waals surface area (Å²) in [6.45, 7) is 5.87. The van der Waals surface area contributed by atoms with Crippen LogP contribution < -0.4 is 10.2 Å². The maximum atomic E-state index is 13.3. The highest BCUT2D eigenvalue weighted by atomic mass is 16.7. The van der Waals surface area contributed by atoms with Crippen LogP contribution in [0.4, 0.5) is 0 Å². The van der Waals surface area contributed by atoms with Crippen LogP contribution in [0.2, 0.25) is 0 Å². The Balaban J connectivity index is 1.42. The predicted molar refractivity (Wildman–Crippen MR) is 175 cm³/mol. The van der Waals surface area contributed by atoms with Crippen LogP contribution in [0.5, 0.6) is 5.75 Å². The number of carboxylic acid groups (broad SMARTS) is 2. The first-order valence-electron chi connectivity index (χ1n) is 16.2. The highest BCUT2D eigenvalue weighted by Crippen LogP contribution is 2.45. The number of hydroxylamine groups is 1. The van der Waals surface area contributed by atoms with Gasteiger partial charge in [0.05, 0.1) is 32.6 Å². The first-order chi connectivity index (χ1) is 22.6. The van der Waals surface area contributed by atoms with Crippen molar-refractivity contribution in [2.45, 2.75) is 75.7 Å². The molecule has 6 rings (SSSR count). The Labute approximate surface area is 275 Å². The van der Waals surface area contributed by atoms with Gasteiger partial charge in [-0.3, -0.25) is 14.5 Å². The topological polar surface area (TPSA) is 135 Å². The average Bonchev–Trinajstić information content (AvgIpc) is 3.06. The van der Waals surface area contributed by atoms with E-state index in [0.717, 1.165) is 48.2 Å². The van der Waals surface area contributed by atoms with Crippen molar-refractivity contribution in [3.63, 3.8) is 0 Å². The van der Waals surface area contributed by atoms with Crippen molar-refractivity contribution < 1.29 is 38.9 Å². The van der Waals surface area contributed by atoms with Crippen molar-refractivity contribution in [3.8, 4) is 5.75 Å². The number of fused-ring (bicyclic) bond motifs is 3. The van der Waals surface area contributed by atoms with E-state index in [-0.39, 0.29) is 30.3 Å². The molecule has 0 aromatic heterocycles. The van der Waals surface area contributed by atoms with Crippen LogP contribution in [0.3, 0.4) is 0 Å². The molecule has 3 aromatic carbocycles. The Morgan fingerprint density at radius 1 is 0.894 bits per heavy atom. The molecule has 10 heteroatoms. The van der Waals surface area contributed by atoms with Gasteiger partial charge in [-0.2, -0.15) is 0 Å². The zero-order valence-corrected chi connectivity index (χ0v) is 27.1. The Kier molecular flexibility index (Phi) is 11.0. The SMILES string of the molecule is COc1ccc(C(C)C)cc1CNOC(=O)CC(CC(=O)O)(OC1C2CCN(CC2)C1C(c1ccccc1)c1ccccc1)C(=O)O. The third-order valence-electron chi connectivity index (χ3n) is 9.49. The van der Waals surface area contributed by atoms with Crippen molar-refractivity contribution in [1.82, 2.24) is 10.4 Å². The molecule has 3 fully saturated rings. The number of carboxylic acids is 2. The van der Waals surface area contributed by atoms with Gasteiger partial charge in [0.1, 0.15) is 5.75 Å². The number of carbonyl (C=O) groups is 3. The van der Waals surface area contributed by atoms with Gasteiger partial charge in [-0.25, -0.2) is 4.79 Å². The van der Waals surface area contributed by atoms with Gasteiger partial charge in [0, 0.05) is 17.5 Å². The monoisotopic (exact) mass is 644 g/mol. The highest BCUT2D eigenvalue weighted by molar-refractivity contribution is 5.89. The third kappa shape index (κ3) is 7.84. The number of ether oxygens (including phenoxy) is 2. The lowest BCUT2D eigenvalue weighted by Gasteiger charge is -2.54. The molecule has 3 heterocycles. The number of nitrogens with one attached hydrogen (secondary N) is 1. The second-order valence-corrected chi connectivity index (χ2v) is 12.8. The second-order valence-electron chi connectivity index (χ2n) is 12.8. The number of hydrogen-bond acceptors (Lipinski definition) is 8. The van der Waals surface area contributed by atoms with Crippen molar-refractivity contribution in [2.75, 3.05) is 20.2 Å². The Bertz CT molecular complexity index is 1480. The Morgan fingerprint density at radius 2 is 1.51 bits per heavy atom. The van der Waals surface area contributed by atoms with Gasteiger partial charge in [0.25, 0.3) is 0 Å². The molecule has 3 saturated heterocycles. The van der Waals surface area contributed by atoms with Gasteiger partial charge < -0.3 is 24.5 Å². The molecule has 3 atom stereocenters.